The van der Waals surface area contributed by atoms with E-state index in [9.17, 15) is 4.79 Å². The molecule has 3 aromatic carbocycles. The van der Waals surface area contributed by atoms with Gasteiger partial charge in [0.05, 0.1) is 8.59 Å². The summed E-state index contributed by atoms with van der Waals surface area (Å²) in [7, 11) is 0. The lowest BCUT2D eigenvalue weighted by Crippen LogP contribution is -2.28. The van der Waals surface area contributed by atoms with E-state index >= 15 is 0 Å². The first-order chi connectivity index (χ1) is 12.0. The van der Waals surface area contributed by atoms with E-state index in [0.717, 1.165) is 14.3 Å². The first-order valence-corrected chi connectivity index (χ1v) is 9.30. The average Bonchev–Trinajstić information content (AvgIpc) is 2.60. The topological polar surface area (TPSA) is 35.5 Å². The molecular weight excluding hydrogens is 474 g/mol. The van der Waals surface area contributed by atoms with Gasteiger partial charge in [0.15, 0.2) is 6.10 Å². The van der Waals surface area contributed by atoms with Crippen molar-refractivity contribution in [2.24, 2.45) is 0 Å². The van der Waals surface area contributed by atoms with E-state index in [-0.39, 0.29) is 0 Å². The summed E-state index contributed by atoms with van der Waals surface area (Å²) in [5, 5.41) is 2.96. The molecule has 0 bridgehead atoms. The number of esters is 1. The van der Waals surface area contributed by atoms with Gasteiger partial charge in [-0.15, -0.1) is 0 Å². The maximum atomic E-state index is 12.4. The fourth-order valence-corrected chi connectivity index (χ4v) is 3.53. The number of halogens is 3. The van der Waals surface area contributed by atoms with Crippen LogP contribution in [0.5, 0.6) is 11.5 Å². The summed E-state index contributed by atoms with van der Waals surface area (Å²) in [6.07, 6.45) is -0.819. The normalized spacial score (nSPS) is 12.0. The third kappa shape index (κ3) is 4.19. The van der Waals surface area contributed by atoms with Gasteiger partial charge in [0.1, 0.15) is 11.5 Å². The van der Waals surface area contributed by atoms with Gasteiger partial charge in [0.2, 0.25) is 0 Å². The molecule has 1 atom stereocenters. The van der Waals surface area contributed by atoms with Gasteiger partial charge in [-0.05, 0) is 64.6 Å². The Balaban J connectivity index is 1.76. The van der Waals surface area contributed by atoms with Gasteiger partial charge < -0.3 is 9.47 Å². The van der Waals surface area contributed by atoms with Crippen LogP contribution in [-0.2, 0) is 4.79 Å². The smallest absolute Gasteiger partial charge is 0.352 e. The van der Waals surface area contributed by atoms with Gasteiger partial charge in [-0.1, -0.05) is 53.5 Å². The van der Waals surface area contributed by atoms with Gasteiger partial charge in [-0.3, -0.25) is 0 Å². The quantitative estimate of drug-likeness (QED) is 0.253. The molecule has 0 aliphatic rings. The SMILES string of the molecule is C[C@H](Oc1ccc(Cl)cc1Cl)C(=O)Oc1ccc2ccccc2c1I. The Hall–Kier alpha value is -1.50. The molecule has 0 N–H and O–H groups in total. The summed E-state index contributed by atoms with van der Waals surface area (Å²) in [6, 6.07) is 16.4. The van der Waals surface area contributed by atoms with Crippen LogP contribution in [0.4, 0.5) is 0 Å². The fourth-order valence-electron chi connectivity index (χ4n) is 2.29. The molecule has 0 saturated carbocycles. The van der Waals surface area contributed by atoms with Gasteiger partial charge in [-0.2, -0.15) is 0 Å². The van der Waals surface area contributed by atoms with E-state index in [0.29, 0.717) is 21.5 Å². The highest BCUT2D eigenvalue weighted by atomic mass is 127. The van der Waals surface area contributed by atoms with Crippen LogP contribution >= 0.6 is 45.8 Å². The van der Waals surface area contributed by atoms with Crippen molar-refractivity contribution in [2.75, 3.05) is 0 Å². The van der Waals surface area contributed by atoms with Crippen molar-refractivity contribution in [3.05, 3.63) is 68.2 Å². The lowest BCUT2D eigenvalue weighted by atomic mass is 10.1. The average molecular weight is 487 g/mol. The van der Waals surface area contributed by atoms with Crippen LogP contribution < -0.4 is 9.47 Å². The van der Waals surface area contributed by atoms with Gasteiger partial charge in [-0.25, -0.2) is 4.79 Å². The summed E-state index contributed by atoms with van der Waals surface area (Å²) in [6.45, 7) is 1.61. The predicted octanol–water partition coefficient (Wildman–Crippen LogP) is 6.12. The van der Waals surface area contributed by atoms with E-state index in [2.05, 4.69) is 22.6 Å². The van der Waals surface area contributed by atoms with Gasteiger partial charge in [0, 0.05) is 5.02 Å². The maximum absolute atomic E-state index is 12.4. The van der Waals surface area contributed by atoms with Crippen LogP contribution in [0, 0.1) is 3.57 Å². The molecule has 0 spiro atoms. The minimum atomic E-state index is -0.819. The highest BCUT2D eigenvalue weighted by molar-refractivity contribution is 14.1. The number of hydrogen-bond donors (Lipinski definition) is 0. The number of ether oxygens (including phenoxy) is 2. The Morgan fingerprint density at radius 1 is 1.04 bits per heavy atom. The Morgan fingerprint density at radius 2 is 1.76 bits per heavy atom. The van der Waals surface area contributed by atoms with E-state index in [4.69, 9.17) is 32.7 Å². The molecule has 0 aromatic heterocycles. The predicted molar refractivity (Wildman–Crippen MR) is 109 cm³/mol. The van der Waals surface area contributed by atoms with Crippen molar-refractivity contribution in [1.29, 1.82) is 0 Å². The summed E-state index contributed by atoms with van der Waals surface area (Å²) in [5.41, 5.74) is 0. The zero-order valence-corrected chi connectivity index (χ0v) is 16.8. The number of fused-ring (bicyclic) bond motifs is 1. The number of rotatable bonds is 4. The van der Waals surface area contributed by atoms with E-state index in [1.807, 2.05) is 30.3 Å². The number of hydrogen-bond acceptors (Lipinski definition) is 3. The zero-order valence-electron chi connectivity index (χ0n) is 13.1. The van der Waals surface area contributed by atoms with Gasteiger partial charge in [0.25, 0.3) is 0 Å². The second-order valence-corrected chi connectivity index (χ2v) is 7.28. The lowest BCUT2D eigenvalue weighted by Gasteiger charge is -2.16. The number of carbonyl (C=O) groups excluding carboxylic acids is 1. The largest absolute Gasteiger partial charge is 0.477 e. The lowest BCUT2D eigenvalue weighted by molar-refractivity contribution is -0.141. The molecule has 0 unspecified atom stereocenters. The van der Waals surface area contributed by atoms with Crippen molar-refractivity contribution >= 4 is 62.5 Å². The molecule has 128 valence electrons. The van der Waals surface area contributed by atoms with Crippen LogP contribution in [0.1, 0.15) is 6.92 Å². The zero-order chi connectivity index (χ0) is 18.0. The van der Waals surface area contributed by atoms with Crippen molar-refractivity contribution < 1.29 is 14.3 Å². The van der Waals surface area contributed by atoms with Crippen LogP contribution in [0.15, 0.2) is 54.6 Å². The second kappa shape index (κ2) is 7.81. The third-order valence-corrected chi connectivity index (χ3v) is 5.21. The molecule has 3 rings (SSSR count). The Morgan fingerprint density at radius 3 is 2.52 bits per heavy atom. The Labute approximate surface area is 169 Å². The first-order valence-electron chi connectivity index (χ1n) is 7.46. The molecule has 0 aliphatic carbocycles. The monoisotopic (exact) mass is 486 g/mol. The minimum Gasteiger partial charge on any atom is -0.477 e. The summed E-state index contributed by atoms with van der Waals surface area (Å²) in [5.74, 6) is 0.380. The van der Waals surface area contributed by atoms with Crippen LogP contribution in [-0.4, -0.2) is 12.1 Å². The fraction of sp³-hybridized carbons (Fsp3) is 0.105. The molecule has 0 amide bonds. The Bertz CT molecular complexity index is 943. The van der Waals surface area contributed by atoms with Crippen molar-refractivity contribution in [3.8, 4) is 11.5 Å². The van der Waals surface area contributed by atoms with Gasteiger partial charge >= 0.3 is 5.97 Å². The van der Waals surface area contributed by atoms with E-state index < -0.39 is 12.1 Å². The van der Waals surface area contributed by atoms with E-state index in [1.165, 1.54) is 0 Å². The Kier molecular flexibility index (Phi) is 5.71. The molecule has 0 heterocycles. The third-order valence-electron chi connectivity index (χ3n) is 3.57. The number of benzene rings is 3. The highest BCUT2D eigenvalue weighted by Gasteiger charge is 2.20. The van der Waals surface area contributed by atoms with E-state index in [1.54, 1.807) is 31.2 Å². The number of carbonyl (C=O) groups is 1. The molecule has 25 heavy (non-hydrogen) atoms. The minimum absolute atomic E-state index is 0.340. The maximum Gasteiger partial charge on any atom is 0.352 e. The van der Waals surface area contributed by atoms with Crippen molar-refractivity contribution in [2.45, 2.75) is 13.0 Å². The summed E-state index contributed by atoms with van der Waals surface area (Å²) in [4.78, 5) is 12.4. The molecule has 6 heteroatoms. The molecular formula is C19H13Cl2IO3. The van der Waals surface area contributed by atoms with Crippen LogP contribution in [0.3, 0.4) is 0 Å². The standard InChI is InChI=1S/C19H13Cl2IO3/c1-11(24-16-9-7-13(20)10-15(16)21)19(23)25-17-8-6-12-4-2-3-5-14(12)18(17)22/h2-11H,1H3/t11-/m0/s1. The second-order valence-electron chi connectivity index (χ2n) is 5.35. The molecule has 0 aliphatic heterocycles. The molecule has 3 aromatic rings. The first kappa shape index (κ1) is 18.3. The summed E-state index contributed by atoms with van der Waals surface area (Å²) < 4.78 is 12.0. The summed E-state index contributed by atoms with van der Waals surface area (Å²) >= 11 is 14.1. The van der Waals surface area contributed by atoms with Crippen LogP contribution in [0.25, 0.3) is 10.8 Å². The molecule has 0 radical (unpaired) electrons. The van der Waals surface area contributed by atoms with Crippen molar-refractivity contribution in [3.63, 3.8) is 0 Å². The highest BCUT2D eigenvalue weighted by Crippen LogP contribution is 2.31. The molecule has 3 nitrogen and oxygen atoms in total. The molecule has 0 fully saturated rings. The molecule has 0 saturated heterocycles. The van der Waals surface area contributed by atoms with Crippen molar-refractivity contribution in [1.82, 2.24) is 0 Å². The van der Waals surface area contributed by atoms with Crippen LogP contribution in [0.2, 0.25) is 10.0 Å².